The smallest absolute Gasteiger partial charge is 0.00405 e. The van der Waals surface area contributed by atoms with E-state index >= 15 is 0 Å². The summed E-state index contributed by atoms with van der Waals surface area (Å²) in [7, 11) is -0.817. The summed E-state index contributed by atoms with van der Waals surface area (Å²) in [6.07, 6.45) is 0. The van der Waals surface area contributed by atoms with E-state index in [4.69, 9.17) is 0 Å². The average molecular weight is 597 g/mol. The predicted molar refractivity (Wildman–Crippen MR) is 123 cm³/mol. The SMILES string of the molecule is [Pd].[Pd].c1ccc(P(CP(c2ccccc2)c2ccccc2)c2ccccc2)cc1. The Morgan fingerprint density at radius 2 is 0.552 bits per heavy atom. The van der Waals surface area contributed by atoms with Gasteiger partial charge in [-0.2, -0.15) is 0 Å². The molecule has 0 heterocycles. The zero-order valence-corrected chi connectivity index (χ0v) is 20.7. The Kier molecular flexibility index (Phi) is 10.6. The third kappa shape index (κ3) is 6.52. The molecule has 0 aliphatic carbocycles. The van der Waals surface area contributed by atoms with Crippen molar-refractivity contribution in [3.63, 3.8) is 0 Å². The van der Waals surface area contributed by atoms with Crippen LogP contribution in [0.25, 0.3) is 0 Å². The minimum Gasteiger partial charge on any atom is -0.0622 e. The van der Waals surface area contributed by atoms with Crippen molar-refractivity contribution in [2.75, 3.05) is 5.90 Å². The van der Waals surface area contributed by atoms with Crippen molar-refractivity contribution in [2.24, 2.45) is 0 Å². The van der Waals surface area contributed by atoms with Gasteiger partial charge in [-0.1, -0.05) is 121 Å². The summed E-state index contributed by atoms with van der Waals surface area (Å²) in [6, 6.07) is 44.1. The molecule has 0 unspecified atom stereocenters. The van der Waals surface area contributed by atoms with Gasteiger partial charge in [0.05, 0.1) is 0 Å². The predicted octanol–water partition coefficient (Wildman–Crippen LogP) is 5.20. The monoisotopic (exact) mass is 596 g/mol. The average Bonchev–Trinajstić information content (AvgIpc) is 2.77. The van der Waals surface area contributed by atoms with Crippen LogP contribution in [0.4, 0.5) is 0 Å². The van der Waals surface area contributed by atoms with Crippen LogP contribution < -0.4 is 21.2 Å². The normalized spacial score (nSPS) is 10.3. The first-order valence-electron chi connectivity index (χ1n) is 9.17. The van der Waals surface area contributed by atoms with Gasteiger partial charge < -0.3 is 0 Å². The van der Waals surface area contributed by atoms with Crippen LogP contribution in [0.15, 0.2) is 121 Å². The van der Waals surface area contributed by atoms with E-state index in [0.717, 1.165) is 0 Å². The molecule has 0 aromatic heterocycles. The molecule has 0 radical (unpaired) electrons. The largest absolute Gasteiger partial charge is 0.0622 e. The van der Waals surface area contributed by atoms with Gasteiger partial charge in [-0.25, -0.2) is 0 Å². The second-order valence-corrected chi connectivity index (χ2v) is 11.2. The summed E-state index contributed by atoms with van der Waals surface area (Å²) in [4.78, 5) is 0. The first-order valence-corrected chi connectivity index (χ1v) is 12.2. The van der Waals surface area contributed by atoms with Gasteiger partial charge in [0.15, 0.2) is 0 Å². The fraction of sp³-hybridized carbons (Fsp3) is 0.0400. The van der Waals surface area contributed by atoms with Crippen molar-refractivity contribution in [1.82, 2.24) is 0 Å². The fourth-order valence-electron chi connectivity index (χ4n) is 3.20. The number of benzene rings is 4. The van der Waals surface area contributed by atoms with Gasteiger partial charge in [0.2, 0.25) is 0 Å². The van der Waals surface area contributed by atoms with Crippen molar-refractivity contribution in [3.8, 4) is 0 Å². The van der Waals surface area contributed by atoms with E-state index in [1.54, 1.807) is 0 Å². The molecular formula is C25H22P2Pd2. The van der Waals surface area contributed by atoms with Crippen LogP contribution in [0.3, 0.4) is 0 Å². The van der Waals surface area contributed by atoms with Gasteiger partial charge in [0, 0.05) is 46.7 Å². The molecule has 0 saturated carbocycles. The molecule has 0 N–H and O–H groups in total. The maximum Gasteiger partial charge on any atom is 0.00405 e. The molecule has 0 aliphatic heterocycles. The maximum atomic E-state index is 2.29. The van der Waals surface area contributed by atoms with E-state index in [0.29, 0.717) is 0 Å². The molecule has 4 heteroatoms. The zero-order valence-electron chi connectivity index (χ0n) is 15.8. The molecule has 0 saturated heterocycles. The van der Waals surface area contributed by atoms with Crippen LogP contribution in [0.1, 0.15) is 0 Å². The van der Waals surface area contributed by atoms with Gasteiger partial charge >= 0.3 is 0 Å². The quantitative estimate of drug-likeness (QED) is 0.212. The van der Waals surface area contributed by atoms with Crippen molar-refractivity contribution >= 4 is 37.1 Å². The molecule has 0 nitrogen and oxygen atoms in total. The zero-order chi connectivity index (χ0) is 18.3. The summed E-state index contributed by atoms with van der Waals surface area (Å²) in [5.74, 6) is 1.17. The number of hydrogen-bond donors (Lipinski definition) is 0. The molecule has 4 aromatic carbocycles. The van der Waals surface area contributed by atoms with Gasteiger partial charge in [-0.15, -0.1) is 0 Å². The molecule has 0 aliphatic rings. The molecule has 0 fully saturated rings. The molecule has 152 valence electrons. The second-order valence-electron chi connectivity index (χ2n) is 6.34. The van der Waals surface area contributed by atoms with Crippen LogP contribution >= 0.6 is 15.8 Å². The van der Waals surface area contributed by atoms with Gasteiger partial charge in [-0.05, 0) is 37.1 Å². The van der Waals surface area contributed by atoms with Crippen LogP contribution in [0.2, 0.25) is 0 Å². The van der Waals surface area contributed by atoms with Gasteiger partial charge in [-0.3, -0.25) is 0 Å². The van der Waals surface area contributed by atoms with Crippen LogP contribution in [0, 0.1) is 0 Å². The van der Waals surface area contributed by atoms with Crippen LogP contribution in [-0.2, 0) is 40.8 Å². The minimum absolute atomic E-state index is 0. The Hall–Kier alpha value is -0.935. The molecular weight excluding hydrogens is 575 g/mol. The van der Waals surface area contributed by atoms with Crippen molar-refractivity contribution in [2.45, 2.75) is 0 Å². The van der Waals surface area contributed by atoms with E-state index in [1.165, 1.54) is 27.1 Å². The summed E-state index contributed by atoms with van der Waals surface area (Å²) < 4.78 is 0. The summed E-state index contributed by atoms with van der Waals surface area (Å²) in [5.41, 5.74) is 0. The number of hydrogen-bond acceptors (Lipinski definition) is 0. The van der Waals surface area contributed by atoms with Crippen LogP contribution in [-0.4, -0.2) is 5.90 Å². The van der Waals surface area contributed by atoms with Gasteiger partial charge in [0.25, 0.3) is 0 Å². The summed E-state index contributed by atoms with van der Waals surface area (Å²) in [5, 5.41) is 5.83. The minimum atomic E-state index is -0.409. The first kappa shape index (κ1) is 24.3. The Labute approximate surface area is 204 Å². The van der Waals surface area contributed by atoms with E-state index in [9.17, 15) is 0 Å². The second kappa shape index (κ2) is 12.7. The van der Waals surface area contributed by atoms with Crippen molar-refractivity contribution in [1.29, 1.82) is 0 Å². The van der Waals surface area contributed by atoms with E-state index in [-0.39, 0.29) is 40.8 Å². The topological polar surface area (TPSA) is 0 Å². The van der Waals surface area contributed by atoms with E-state index < -0.39 is 15.8 Å². The Balaban J connectivity index is 0.00000150. The fourth-order valence-corrected chi connectivity index (χ4v) is 9.67. The first-order chi connectivity index (χ1) is 13.4. The molecule has 0 bridgehead atoms. The number of rotatable bonds is 6. The molecule has 0 atom stereocenters. The third-order valence-electron chi connectivity index (χ3n) is 4.55. The summed E-state index contributed by atoms with van der Waals surface area (Å²) >= 11 is 0. The Morgan fingerprint density at radius 3 is 0.759 bits per heavy atom. The molecule has 29 heavy (non-hydrogen) atoms. The molecule has 0 amide bonds. The van der Waals surface area contributed by atoms with Crippen molar-refractivity contribution in [3.05, 3.63) is 121 Å². The van der Waals surface area contributed by atoms with Gasteiger partial charge in [0.1, 0.15) is 0 Å². The van der Waals surface area contributed by atoms with E-state index in [1.807, 2.05) is 0 Å². The standard InChI is InChI=1S/C25H22P2.2Pd/c1-5-13-22(14-6-1)26(23-15-7-2-8-16-23)21-27(24-17-9-3-10-18-24)25-19-11-4-12-20-25;;/h1-20H,21H2;;. The van der Waals surface area contributed by atoms with E-state index in [2.05, 4.69) is 121 Å². The molecule has 4 aromatic rings. The maximum absolute atomic E-state index is 2.29. The Morgan fingerprint density at radius 1 is 0.345 bits per heavy atom. The third-order valence-corrected chi connectivity index (χ3v) is 10.5. The van der Waals surface area contributed by atoms with Crippen molar-refractivity contribution < 1.29 is 40.8 Å². The summed E-state index contributed by atoms with van der Waals surface area (Å²) in [6.45, 7) is 0. The molecule has 4 rings (SSSR count). The van der Waals surface area contributed by atoms with Crippen LogP contribution in [0.5, 0.6) is 0 Å². The molecule has 0 spiro atoms. The Bertz CT molecular complexity index is 789.